The first-order chi connectivity index (χ1) is 10.0. The van der Waals surface area contributed by atoms with Crippen molar-refractivity contribution in [3.63, 3.8) is 0 Å². The van der Waals surface area contributed by atoms with E-state index < -0.39 is 5.54 Å². The second kappa shape index (κ2) is 7.14. The average Bonchev–Trinajstić information content (AvgIpc) is 2.47. The summed E-state index contributed by atoms with van der Waals surface area (Å²) in [4.78, 5) is 12.3. The van der Waals surface area contributed by atoms with E-state index >= 15 is 0 Å². The lowest BCUT2D eigenvalue weighted by Crippen LogP contribution is -2.52. The van der Waals surface area contributed by atoms with E-state index in [0.29, 0.717) is 23.1 Å². The number of carbonyl (C=O) groups excluding carboxylic acids is 1. The molecule has 0 bridgehead atoms. The van der Waals surface area contributed by atoms with E-state index in [1.54, 1.807) is 18.2 Å². The Kier molecular flexibility index (Phi) is 5.48. The number of nitrogens with one attached hydrogen (secondary N) is 1. The van der Waals surface area contributed by atoms with E-state index in [-0.39, 0.29) is 5.91 Å². The van der Waals surface area contributed by atoms with E-state index in [1.807, 2.05) is 6.92 Å². The first-order valence-electron chi connectivity index (χ1n) is 7.58. The molecule has 1 aliphatic carbocycles. The molecule has 0 aromatic heterocycles. The van der Waals surface area contributed by atoms with E-state index in [0.717, 1.165) is 38.5 Å². The Labute approximate surface area is 131 Å². The number of benzene rings is 1. The third kappa shape index (κ3) is 4.11. The van der Waals surface area contributed by atoms with Crippen molar-refractivity contribution in [1.82, 2.24) is 0 Å². The van der Waals surface area contributed by atoms with Crippen molar-refractivity contribution in [2.45, 2.75) is 51.0 Å². The molecule has 1 amide bonds. The number of anilines is 1. The topological polar surface area (TPSA) is 64.3 Å². The van der Waals surface area contributed by atoms with Gasteiger partial charge in [-0.05, 0) is 37.5 Å². The van der Waals surface area contributed by atoms with Crippen LogP contribution in [0.2, 0.25) is 5.02 Å². The molecule has 3 N–H and O–H groups in total. The minimum Gasteiger partial charge on any atom is -0.492 e. The van der Waals surface area contributed by atoms with Gasteiger partial charge in [-0.15, -0.1) is 0 Å². The maximum absolute atomic E-state index is 12.3. The summed E-state index contributed by atoms with van der Waals surface area (Å²) < 4.78 is 5.51. The van der Waals surface area contributed by atoms with Crippen LogP contribution < -0.4 is 15.8 Å². The molecule has 0 unspecified atom stereocenters. The van der Waals surface area contributed by atoms with Crippen LogP contribution in [0.3, 0.4) is 0 Å². The number of halogens is 1. The van der Waals surface area contributed by atoms with Gasteiger partial charge < -0.3 is 15.8 Å². The molecule has 5 heteroatoms. The van der Waals surface area contributed by atoms with Gasteiger partial charge in [0.2, 0.25) is 5.91 Å². The van der Waals surface area contributed by atoms with Gasteiger partial charge >= 0.3 is 0 Å². The molecule has 1 saturated carbocycles. The molecule has 1 fully saturated rings. The molecule has 0 heterocycles. The van der Waals surface area contributed by atoms with Crippen LogP contribution in [-0.2, 0) is 4.79 Å². The monoisotopic (exact) mass is 310 g/mol. The number of amides is 1. The Hall–Kier alpha value is -1.26. The van der Waals surface area contributed by atoms with Crippen molar-refractivity contribution in [3.8, 4) is 5.75 Å². The SMILES string of the molecule is CCCOc1ccc(NC(=O)C2(N)CCCCC2)cc1Cl. The predicted molar refractivity (Wildman–Crippen MR) is 85.9 cm³/mol. The molecule has 0 saturated heterocycles. The number of hydrogen-bond donors (Lipinski definition) is 2. The van der Waals surface area contributed by atoms with Gasteiger partial charge in [0.05, 0.1) is 17.2 Å². The summed E-state index contributed by atoms with van der Waals surface area (Å²) in [6.07, 6.45) is 5.57. The molecule has 0 radical (unpaired) electrons. The van der Waals surface area contributed by atoms with Crippen LogP contribution in [0.15, 0.2) is 18.2 Å². The molecule has 0 aliphatic heterocycles. The van der Waals surface area contributed by atoms with E-state index in [2.05, 4.69) is 5.32 Å². The summed E-state index contributed by atoms with van der Waals surface area (Å²) >= 11 is 6.16. The molecule has 2 rings (SSSR count). The number of nitrogens with two attached hydrogens (primary N) is 1. The maximum Gasteiger partial charge on any atom is 0.244 e. The van der Waals surface area contributed by atoms with E-state index in [1.165, 1.54) is 0 Å². The third-order valence-electron chi connectivity index (χ3n) is 3.85. The highest BCUT2D eigenvalue weighted by molar-refractivity contribution is 6.32. The lowest BCUT2D eigenvalue weighted by Gasteiger charge is -2.31. The zero-order valence-electron chi connectivity index (χ0n) is 12.5. The lowest BCUT2D eigenvalue weighted by molar-refractivity contribution is -0.122. The molecule has 116 valence electrons. The summed E-state index contributed by atoms with van der Waals surface area (Å²) in [5.74, 6) is 0.511. The molecule has 0 atom stereocenters. The normalized spacial score (nSPS) is 17.3. The standard InChI is InChI=1S/C16H23ClN2O2/c1-2-10-21-14-7-6-12(11-13(14)17)19-15(20)16(18)8-4-3-5-9-16/h6-7,11H,2-5,8-10,18H2,1H3,(H,19,20). The van der Waals surface area contributed by atoms with Crippen LogP contribution in [0.5, 0.6) is 5.75 Å². The Morgan fingerprint density at radius 2 is 2.10 bits per heavy atom. The number of rotatable bonds is 5. The van der Waals surface area contributed by atoms with Crippen molar-refractivity contribution in [3.05, 3.63) is 23.2 Å². The molecule has 21 heavy (non-hydrogen) atoms. The highest BCUT2D eigenvalue weighted by Gasteiger charge is 2.35. The van der Waals surface area contributed by atoms with Gasteiger partial charge in [0.25, 0.3) is 0 Å². The van der Waals surface area contributed by atoms with Gasteiger partial charge in [0, 0.05) is 5.69 Å². The number of hydrogen-bond acceptors (Lipinski definition) is 3. The Balaban J connectivity index is 2.02. The van der Waals surface area contributed by atoms with E-state index in [4.69, 9.17) is 22.1 Å². The minimum absolute atomic E-state index is 0.125. The second-order valence-corrected chi connectivity index (χ2v) is 6.07. The lowest BCUT2D eigenvalue weighted by atomic mass is 9.82. The zero-order chi connectivity index (χ0) is 15.3. The minimum atomic E-state index is -0.748. The molecular formula is C16H23ClN2O2. The van der Waals surface area contributed by atoms with Crippen LogP contribution in [0.4, 0.5) is 5.69 Å². The Bertz CT molecular complexity index is 499. The highest BCUT2D eigenvalue weighted by atomic mass is 35.5. The summed E-state index contributed by atoms with van der Waals surface area (Å²) in [5, 5.41) is 3.37. The van der Waals surface area contributed by atoms with Crippen LogP contribution in [0, 0.1) is 0 Å². The fraction of sp³-hybridized carbons (Fsp3) is 0.562. The summed E-state index contributed by atoms with van der Waals surface area (Å²) in [7, 11) is 0. The fourth-order valence-electron chi connectivity index (χ4n) is 2.57. The zero-order valence-corrected chi connectivity index (χ0v) is 13.2. The average molecular weight is 311 g/mol. The molecule has 4 nitrogen and oxygen atoms in total. The van der Waals surface area contributed by atoms with Gasteiger partial charge in [-0.1, -0.05) is 37.8 Å². The first kappa shape index (κ1) is 16.1. The van der Waals surface area contributed by atoms with Crippen molar-refractivity contribution < 1.29 is 9.53 Å². The predicted octanol–water partition coefficient (Wildman–Crippen LogP) is 3.73. The highest BCUT2D eigenvalue weighted by Crippen LogP contribution is 2.30. The summed E-state index contributed by atoms with van der Waals surface area (Å²) in [6.45, 7) is 2.66. The molecule has 0 spiro atoms. The molecule has 1 aromatic rings. The smallest absolute Gasteiger partial charge is 0.244 e. The third-order valence-corrected chi connectivity index (χ3v) is 4.14. The van der Waals surface area contributed by atoms with Gasteiger partial charge in [0.15, 0.2) is 0 Å². The largest absolute Gasteiger partial charge is 0.492 e. The molecule has 1 aromatic carbocycles. The molecular weight excluding hydrogens is 288 g/mol. The van der Waals surface area contributed by atoms with Gasteiger partial charge in [-0.3, -0.25) is 4.79 Å². The van der Waals surface area contributed by atoms with Gasteiger partial charge in [-0.2, -0.15) is 0 Å². The fourth-order valence-corrected chi connectivity index (χ4v) is 2.81. The number of ether oxygens (including phenoxy) is 1. The van der Waals surface area contributed by atoms with Crippen LogP contribution in [0.1, 0.15) is 45.4 Å². The van der Waals surface area contributed by atoms with Crippen molar-refractivity contribution >= 4 is 23.2 Å². The summed E-state index contributed by atoms with van der Waals surface area (Å²) in [5.41, 5.74) is 6.12. The second-order valence-electron chi connectivity index (χ2n) is 5.66. The van der Waals surface area contributed by atoms with Gasteiger partial charge in [-0.25, -0.2) is 0 Å². The van der Waals surface area contributed by atoms with Crippen LogP contribution in [0.25, 0.3) is 0 Å². The van der Waals surface area contributed by atoms with Crippen molar-refractivity contribution in [2.24, 2.45) is 5.73 Å². The summed E-state index contributed by atoms with van der Waals surface area (Å²) in [6, 6.07) is 5.27. The Morgan fingerprint density at radius 1 is 1.38 bits per heavy atom. The van der Waals surface area contributed by atoms with Gasteiger partial charge in [0.1, 0.15) is 5.75 Å². The molecule has 1 aliphatic rings. The maximum atomic E-state index is 12.3. The van der Waals surface area contributed by atoms with Crippen molar-refractivity contribution in [2.75, 3.05) is 11.9 Å². The quantitative estimate of drug-likeness (QED) is 0.871. The van der Waals surface area contributed by atoms with Crippen LogP contribution >= 0.6 is 11.6 Å². The first-order valence-corrected chi connectivity index (χ1v) is 7.95. The number of carbonyl (C=O) groups is 1. The van der Waals surface area contributed by atoms with E-state index in [9.17, 15) is 4.79 Å². The van der Waals surface area contributed by atoms with Crippen LogP contribution in [-0.4, -0.2) is 18.1 Å². The Morgan fingerprint density at radius 3 is 2.71 bits per heavy atom. The van der Waals surface area contributed by atoms with Crippen molar-refractivity contribution in [1.29, 1.82) is 0 Å².